The number of benzene rings is 2. The average Bonchev–Trinajstić information content (AvgIpc) is 3.40. The summed E-state index contributed by atoms with van der Waals surface area (Å²) in [5.41, 5.74) is 0. The molecular formula is C24H23FeO2PPd-6. The van der Waals surface area contributed by atoms with Crippen molar-refractivity contribution in [1.82, 2.24) is 0 Å². The van der Waals surface area contributed by atoms with E-state index in [4.69, 9.17) is 9.90 Å². The molecule has 1 N–H and O–H groups in total. The SMILES string of the molecule is CC(=O)O.[Fe].[Pd].[cH-]1[cH-][cH-][cH-][cH-]1.c1ccc(P(c2ccccc2)[c-]2cccc2)cc1. The molecule has 2 nitrogen and oxygen atoms in total. The normalized spacial score (nSPS) is 8.90. The molecule has 0 bridgehead atoms. The van der Waals surface area contributed by atoms with E-state index in [-0.39, 0.29) is 37.5 Å². The third-order valence-corrected chi connectivity index (χ3v) is 5.93. The Morgan fingerprint density at radius 3 is 1.38 bits per heavy atom. The van der Waals surface area contributed by atoms with Crippen molar-refractivity contribution in [2.24, 2.45) is 0 Å². The van der Waals surface area contributed by atoms with Gasteiger partial charge in [0, 0.05) is 44.4 Å². The van der Waals surface area contributed by atoms with Crippen LogP contribution in [0.3, 0.4) is 0 Å². The van der Waals surface area contributed by atoms with Crippen molar-refractivity contribution in [3.63, 3.8) is 0 Å². The third-order valence-electron chi connectivity index (χ3n) is 3.49. The van der Waals surface area contributed by atoms with E-state index in [9.17, 15) is 0 Å². The van der Waals surface area contributed by atoms with Crippen LogP contribution in [0.4, 0.5) is 0 Å². The molecule has 160 valence electrons. The molecule has 0 aliphatic carbocycles. The minimum Gasteiger partial charge on any atom is -0.748 e. The van der Waals surface area contributed by atoms with Crippen LogP contribution < -0.4 is 15.9 Å². The summed E-state index contributed by atoms with van der Waals surface area (Å²) in [6.07, 6.45) is 0. The predicted octanol–water partition coefficient (Wildman–Crippen LogP) is 4.66. The number of carboxylic acids is 1. The zero-order valence-electron chi connectivity index (χ0n) is 15.9. The Bertz CT molecular complexity index is 803. The fourth-order valence-corrected chi connectivity index (χ4v) is 4.74. The zero-order valence-corrected chi connectivity index (χ0v) is 19.5. The van der Waals surface area contributed by atoms with Crippen LogP contribution in [0.1, 0.15) is 6.92 Å². The van der Waals surface area contributed by atoms with Gasteiger partial charge in [0.1, 0.15) is 0 Å². The van der Waals surface area contributed by atoms with E-state index in [0.29, 0.717) is 0 Å². The zero-order chi connectivity index (χ0) is 19.3. The summed E-state index contributed by atoms with van der Waals surface area (Å²) in [6, 6.07) is 40.2. The molecular weight excluding hydrogens is 514 g/mol. The summed E-state index contributed by atoms with van der Waals surface area (Å²) < 4.78 is 0. The second kappa shape index (κ2) is 16.1. The molecule has 0 radical (unpaired) electrons. The molecule has 0 spiro atoms. The number of carbonyl (C=O) groups is 1. The monoisotopic (exact) mass is 536 g/mol. The first kappa shape index (κ1) is 27.2. The van der Waals surface area contributed by atoms with Crippen LogP contribution in [-0.2, 0) is 42.3 Å². The van der Waals surface area contributed by atoms with Crippen LogP contribution in [0.15, 0.2) is 115 Å². The first-order valence-corrected chi connectivity index (χ1v) is 10.0. The molecule has 0 aliphatic rings. The van der Waals surface area contributed by atoms with Gasteiger partial charge in [0.15, 0.2) is 0 Å². The molecule has 0 atom stereocenters. The maximum absolute atomic E-state index is 9.00. The first-order chi connectivity index (χ1) is 13.2. The van der Waals surface area contributed by atoms with Gasteiger partial charge < -0.3 is 35.4 Å². The van der Waals surface area contributed by atoms with Crippen LogP contribution >= 0.6 is 7.92 Å². The van der Waals surface area contributed by atoms with Gasteiger partial charge in [-0.25, -0.2) is 12.1 Å². The molecule has 0 saturated carbocycles. The molecule has 5 heteroatoms. The van der Waals surface area contributed by atoms with E-state index < -0.39 is 13.9 Å². The van der Waals surface area contributed by atoms with Crippen LogP contribution in [-0.4, -0.2) is 11.1 Å². The van der Waals surface area contributed by atoms with Crippen molar-refractivity contribution in [1.29, 1.82) is 0 Å². The Hall–Kier alpha value is -1.78. The summed E-state index contributed by atoms with van der Waals surface area (Å²) in [6.45, 7) is 1.08. The van der Waals surface area contributed by atoms with Crippen molar-refractivity contribution < 1.29 is 47.4 Å². The Morgan fingerprint density at radius 2 is 1.07 bits per heavy atom. The minimum absolute atomic E-state index is 0. The molecule has 0 fully saturated rings. The maximum atomic E-state index is 9.00. The van der Waals surface area contributed by atoms with Crippen molar-refractivity contribution in [3.05, 3.63) is 115 Å². The van der Waals surface area contributed by atoms with E-state index in [1.54, 1.807) is 0 Å². The molecule has 0 aromatic heterocycles. The molecule has 0 heterocycles. The van der Waals surface area contributed by atoms with Gasteiger partial charge in [0.05, 0.1) is 0 Å². The van der Waals surface area contributed by atoms with Gasteiger partial charge in [-0.1, -0.05) is 68.6 Å². The standard InChI is InChI=1S/C17H14P.C5H5.C2H4O2.Fe.Pd/c1-3-9-15(10-4-1)18(17-13-7-8-14-17)16-11-5-2-6-12-16;1-2-4-5-3-1;1-2(3)4;;/h1-14H;1-5H;1H3,(H,3,4);;/q-1;-5;;;. The topological polar surface area (TPSA) is 37.3 Å². The molecule has 0 saturated heterocycles. The average molecular weight is 537 g/mol. The van der Waals surface area contributed by atoms with Gasteiger partial charge >= 0.3 is 0 Å². The summed E-state index contributed by atoms with van der Waals surface area (Å²) in [5, 5.41) is 11.7. The Labute approximate surface area is 198 Å². The van der Waals surface area contributed by atoms with Crippen molar-refractivity contribution in [2.75, 3.05) is 0 Å². The van der Waals surface area contributed by atoms with Crippen LogP contribution in [0.5, 0.6) is 0 Å². The van der Waals surface area contributed by atoms with Crippen molar-refractivity contribution >= 4 is 29.8 Å². The first-order valence-electron chi connectivity index (χ1n) is 8.66. The van der Waals surface area contributed by atoms with E-state index in [1.165, 1.54) is 15.9 Å². The molecule has 0 aliphatic heterocycles. The number of aliphatic carboxylic acids is 1. The minimum atomic E-state index is -0.833. The number of carboxylic acid groups (broad SMARTS) is 1. The summed E-state index contributed by atoms with van der Waals surface area (Å²) in [7, 11) is -0.409. The molecule has 29 heavy (non-hydrogen) atoms. The molecule has 4 aromatic carbocycles. The number of rotatable bonds is 3. The van der Waals surface area contributed by atoms with Gasteiger partial charge in [-0.05, 0) is 10.6 Å². The summed E-state index contributed by atoms with van der Waals surface area (Å²) >= 11 is 0. The molecule has 4 rings (SSSR count). The maximum Gasteiger partial charge on any atom is 0.300 e. The fraction of sp³-hybridized carbons (Fsp3) is 0.0417. The quantitative estimate of drug-likeness (QED) is 0.235. The van der Waals surface area contributed by atoms with Gasteiger partial charge in [-0.15, -0.1) is 5.30 Å². The second-order valence-corrected chi connectivity index (χ2v) is 7.85. The Kier molecular flexibility index (Phi) is 15.1. The largest absolute Gasteiger partial charge is 0.748 e. The van der Waals surface area contributed by atoms with E-state index >= 15 is 0 Å². The third kappa shape index (κ3) is 10.5. The van der Waals surface area contributed by atoms with Crippen LogP contribution in [0, 0.1) is 0 Å². The van der Waals surface area contributed by atoms with Gasteiger partial charge in [0.2, 0.25) is 0 Å². The molecule has 0 unspecified atom stereocenters. The molecule has 0 amide bonds. The van der Waals surface area contributed by atoms with Crippen LogP contribution in [0.2, 0.25) is 0 Å². The van der Waals surface area contributed by atoms with E-state index in [0.717, 1.165) is 6.92 Å². The smallest absolute Gasteiger partial charge is 0.300 e. The van der Waals surface area contributed by atoms with Crippen LogP contribution in [0.25, 0.3) is 0 Å². The van der Waals surface area contributed by atoms with Gasteiger partial charge in [-0.3, -0.25) is 4.79 Å². The predicted molar refractivity (Wildman–Crippen MR) is 116 cm³/mol. The Balaban J connectivity index is 0.000000601. The number of hydrogen-bond acceptors (Lipinski definition) is 1. The summed E-state index contributed by atoms with van der Waals surface area (Å²) in [5.74, 6) is -0.833. The second-order valence-electron chi connectivity index (χ2n) is 5.63. The number of hydrogen-bond donors (Lipinski definition) is 1. The van der Waals surface area contributed by atoms with Crippen molar-refractivity contribution in [2.45, 2.75) is 6.92 Å². The van der Waals surface area contributed by atoms with E-state index in [1.807, 2.05) is 30.3 Å². The van der Waals surface area contributed by atoms with Crippen molar-refractivity contribution in [3.8, 4) is 0 Å². The fourth-order valence-electron chi connectivity index (χ4n) is 2.44. The Morgan fingerprint density at radius 1 is 0.759 bits per heavy atom. The van der Waals surface area contributed by atoms with Gasteiger partial charge in [0.25, 0.3) is 5.97 Å². The molecule has 4 aromatic rings. The van der Waals surface area contributed by atoms with Gasteiger partial charge in [-0.2, -0.15) is 12.1 Å². The summed E-state index contributed by atoms with van der Waals surface area (Å²) in [4.78, 5) is 9.00. The van der Waals surface area contributed by atoms with E-state index in [2.05, 4.69) is 84.9 Å².